The predicted octanol–water partition coefficient (Wildman–Crippen LogP) is 3.19. The molecule has 0 amide bonds. The van der Waals surface area contributed by atoms with E-state index in [0.717, 1.165) is 32.1 Å². The number of ether oxygens (including phenoxy) is 1. The zero-order valence-electron chi connectivity index (χ0n) is 9.41. The van der Waals surface area contributed by atoms with Gasteiger partial charge in [0.2, 0.25) is 5.88 Å². The Labute approximate surface area is 106 Å². The van der Waals surface area contributed by atoms with Crippen LogP contribution in [-0.2, 0) is 0 Å². The van der Waals surface area contributed by atoms with Crippen molar-refractivity contribution in [1.82, 2.24) is 15.0 Å². The van der Waals surface area contributed by atoms with E-state index in [-0.39, 0.29) is 0 Å². The number of aromatic amines is 1. The molecule has 5 heteroatoms. The molecule has 0 bridgehead atoms. The van der Waals surface area contributed by atoms with E-state index < -0.39 is 0 Å². The van der Waals surface area contributed by atoms with Gasteiger partial charge in [-0.25, -0.2) is 9.97 Å². The van der Waals surface area contributed by atoms with Crippen molar-refractivity contribution in [2.45, 2.75) is 6.92 Å². The van der Waals surface area contributed by atoms with Crippen LogP contribution in [0.1, 0.15) is 5.69 Å². The second kappa shape index (κ2) is 3.70. The van der Waals surface area contributed by atoms with Gasteiger partial charge < -0.3 is 9.72 Å². The number of rotatable bonds is 1. The second-order valence-electron chi connectivity index (χ2n) is 3.84. The SMILES string of the molecule is COc1ncc2c([nH]c3nc(C)ccc32)c1Br. The molecule has 0 atom stereocenters. The van der Waals surface area contributed by atoms with E-state index in [1.54, 1.807) is 13.3 Å². The Bertz CT molecular complexity index is 720. The number of methoxy groups -OCH3 is 1. The molecule has 0 aliphatic carbocycles. The Morgan fingerprint density at radius 3 is 2.88 bits per heavy atom. The van der Waals surface area contributed by atoms with Crippen LogP contribution in [0.25, 0.3) is 21.9 Å². The van der Waals surface area contributed by atoms with Gasteiger partial charge in [-0.1, -0.05) is 0 Å². The highest BCUT2D eigenvalue weighted by atomic mass is 79.9. The van der Waals surface area contributed by atoms with E-state index in [1.807, 2.05) is 13.0 Å². The lowest BCUT2D eigenvalue weighted by atomic mass is 10.2. The number of hydrogen-bond donors (Lipinski definition) is 1. The van der Waals surface area contributed by atoms with E-state index in [9.17, 15) is 0 Å². The molecule has 3 aromatic heterocycles. The lowest BCUT2D eigenvalue weighted by molar-refractivity contribution is 0.396. The number of nitrogens with zero attached hydrogens (tertiary/aromatic N) is 2. The van der Waals surface area contributed by atoms with Crippen LogP contribution >= 0.6 is 15.9 Å². The van der Waals surface area contributed by atoms with Gasteiger partial charge in [-0.15, -0.1) is 0 Å². The van der Waals surface area contributed by atoms with Gasteiger partial charge in [-0.05, 0) is 35.0 Å². The van der Waals surface area contributed by atoms with Gasteiger partial charge in [0.15, 0.2) is 0 Å². The summed E-state index contributed by atoms with van der Waals surface area (Å²) in [5.74, 6) is 0.570. The van der Waals surface area contributed by atoms with Crippen LogP contribution < -0.4 is 4.74 Å². The summed E-state index contributed by atoms with van der Waals surface area (Å²) in [6.07, 6.45) is 1.80. The first-order valence-electron chi connectivity index (χ1n) is 5.18. The van der Waals surface area contributed by atoms with Crippen LogP contribution in [0.15, 0.2) is 22.8 Å². The lowest BCUT2D eigenvalue weighted by Gasteiger charge is -2.01. The molecule has 0 radical (unpaired) electrons. The third kappa shape index (κ3) is 1.50. The number of halogens is 1. The first-order chi connectivity index (χ1) is 8.20. The fourth-order valence-electron chi connectivity index (χ4n) is 1.93. The molecule has 0 aliphatic rings. The summed E-state index contributed by atoms with van der Waals surface area (Å²) in [6, 6.07) is 4.05. The molecular weight excluding hydrogens is 282 g/mol. The fourth-order valence-corrected chi connectivity index (χ4v) is 2.50. The highest BCUT2D eigenvalue weighted by molar-refractivity contribution is 9.10. The molecule has 0 aliphatic heterocycles. The number of pyridine rings is 2. The normalized spacial score (nSPS) is 11.2. The molecule has 0 fully saturated rings. The number of aryl methyl sites for hydroxylation is 1. The van der Waals surface area contributed by atoms with Crippen molar-refractivity contribution < 1.29 is 4.74 Å². The Kier molecular flexibility index (Phi) is 2.29. The maximum Gasteiger partial charge on any atom is 0.229 e. The largest absolute Gasteiger partial charge is 0.480 e. The molecule has 1 N–H and O–H groups in total. The van der Waals surface area contributed by atoms with Crippen LogP contribution in [0.2, 0.25) is 0 Å². The first-order valence-corrected chi connectivity index (χ1v) is 5.97. The summed E-state index contributed by atoms with van der Waals surface area (Å²) in [4.78, 5) is 12.0. The summed E-state index contributed by atoms with van der Waals surface area (Å²) >= 11 is 3.49. The molecule has 0 saturated heterocycles. The maximum atomic E-state index is 5.17. The molecule has 4 nitrogen and oxygen atoms in total. The van der Waals surface area contributed by atoms with Gasteiger partial charge in [0.25, 0.3) is 0 Å². The maximum absolute atomic E-state index is 5.17. The highest BCUT2D eigenvalue weighted by Gasteiger charge is 2.12. The molecule has 0 aromatic carbocycles. The van der Waals surface area contributed by atoms with Crippen LogP contribution in [-0.4, -0.2) is 22.1 Å². The second-order valence-corrected chi connectivity index (χ2v) is 4.64. The lowest BCUT2D eigenvalue weighted by Crippen LogP contribution is -1.88. The molecule has 0 spiro atoms. The third-order valence-corrected chi connectivity index (χ3v) is 3.48. The minimum atomic E-state index is 0.570. The molecule has 0 saturated carbocycles. The van der Waals surface area contributed by atoms with E-state index in [1.165, 1.54) is 0 Å². The van der Waals surface area contributed by atoms with E-state index in [4.69, 9.17) is 4.74 Å². The quantitative estimate of drug-likeness (QED) is 0.749. The molecule has 3 heterocycles. The van der Waals surface area contributed by atoms with Crippen LogP contribution in [0.5, 0.6) is 5.88 Å². The topological polar surface area (TPSA) is 50.8 Å². The number of H-pyrrole nitrogens is 1. The smallest absolute Gasteiger partial charge is 0.229 e. The van der Waals surface area contributed by atoms with Gasteiger partial charge in [-0.2, -0.15) is 0 Å². The summed E-state index contributed by atoms with van der Waals surface area (Å²) in [7, 11) is 1.60. The molecule has 0 unspecified atom stereocenters. The van der Waals surface area contributed by atoms with Gasteiger partial charge in [0, 0.05) is 22.7 Å². The van der Waals surface area contributed by atoms with E-state index >= 15 is 0 Å². The molecule has 3 aromatic rings. The van der Waals surface area contributed by atoms with Gasteiger partial charge in [0.05, 0.1) is 12.6 Å². The monoisotopic (exact) mass is 291 g/mol. The minimum absolute atomic E-state index is 0.570. The zero-order valence-corrected chi connectivity index (χ0v) is 11.0. The van der Waals surface area contributed by atoms with Crippen molar-refractivity contribution in [1.29, 1.82) is 0 Å². The molecule has 86 valence electrons. The predicted molar refractivity (Wildman–Crippen MR) is 70.4 cm³/mol. The summed E-state index contributed by atoms with van der Waals surface area (Å²) in [5, 5.41) is 2.11. The van der Waals surface area contributed by atoms with E-state index in [0.29, 0.717) is 5.88 Å². The number of aromatic nitrogens is 3. The number of nitrogens with one attached hydrogen (secondary N) is 1. The van der Waals surface area contributed by atoms with Crippen LogP contribution in [0.4, 0.5) is 0 Å². The van der Waals surface area contributed by atoms with Gasteiger partial charge in [-0.3, -0.25) is 0 Å². The van der Waals surface area contributed by atoms with Crippen molar-refractivity contribution in [3.63, 3.8) is 0 Å². The van der Waals surface area contributed by atoms with Gasteiger partial charge in [0.1, 0.15) is 10.1 Å². The highest BCUT2D eigenvalue weighted by Crippen LogP contribution is 2.33. The number of hydrogen-bond acceptors (Lipinski definition) is 3. The Morgan fingerprint density at radius 2 is 2.12 bits per heavy atom. The molecule has 3 rings (SSSR count). The Balaban J connectivity index is 2.46. The molecule has 17 heavy (non-hydrogen) atoms. The summed E-state index contributed by atoms with van der Waals surface area (Å²) in [5.41, 5.74) is 2.82. The standard InChI is InChI=1S/C12H10BrN3O/c1-6-3-4-7-8-5-14-12(17-2)9(13)10(8)16-11(7)15-6/h3-5H,1-2H3,(H,15,16). The van der Waals surface area contributed by atoms with Crippen LogP contribution in [0, 0.1) is 6.92 Å². The van der Waals surface area contributed by atoms with Crippen molar-refractivity contribution in [3.8, 4) is 5.88 Å². The average molecular weight is 292 g/mol. The first kappa shape index (κ1) is 10.5. The van der Waals surface area contributed by atoms with Gasteiger partial charge >= 0.3 is 0 Å². The third-order valence-electron chi connectivity index (χ3n) is 2.75. The Morgan fingerprint density at radius 1 is 1.29 bits per heavy atom. The van der Waals surface area contributed by atoms with Crippen molar-refractivity contribution in [3.05, 3.63) is 28.5 Å². The Hall–Kier alpha value is -1.62. The zero-order chi connectivity index (χ0) is 12.0. The molecular formula is C12H10BrN3O. The van der Waals surface area contributed by atoms with Crippen molar-refractivity contribution in [2.24, 2.45) is 0 Å². The van der Waals surface area contributed by atoms with E-state index in [2.05, 4.69) is 36.9 Å². The van der Waals surface area contributed by atoms with Crippen LogP contribution in [0.3, 0.4) is 0 Å². The minimum Gasteiger partial charge on any atom is -0.480 e. The van der Waals surface area contributed by atoms with Crippen molar-refractivity contribution in [2.75, 3.05) is 7.11 Å². The number of fused-ring (bicyclic) bond motifs is 3. The van der Waals surface area contributed by atoms with Crippen molar-refractivity contribution >= 4 is 37.9 Å². The fraction of sp³-hybridized carbons (Fsp3) is 0.167. The summed E-state index contributed by atoms with van der Waals surface area (Å²) < 4.78 is 6.00. The average Bonchev–Trinajstić information content (AvgIpc) is 2.68. The summed E-state index contributed by atoms with van der Waals surface area (Å²) in [6.45, 7) is 1.97.